The van der Waals surface area contributed by atoms with Gasteiger partial charge in [0.2, 0.25) is 0 Å². The SMILES string of the molecule is C#CCC(C)NCc1ccc(C(F)F)cc1. The Kier molecular flexibility index (Phi) is 4.94. The number of rotatable bonds is 5. The average molecular weight is 223 g/mol. The third kappa shape index (κ3) is 4.00. The van der Waals surface area contributed by atoms with E-state index in [2.05, 4.69) is 11.2 Å². The Bertz CT molecular complexity index is 351. The van der Waals surface area contributed by atoms with Gasteiger partial charge in [-0.2, -0.15) is 0 Å². The van der Waals surface area contributed by atoms with Gasteiger partial charge in [-0.15, -0.1) is 12.3 Å². The van der Waals surface area contributed by atoms with Gasteiger partial charge in [0.1, 0.15) is 0 Å². The van der Waals surface area contributed by atoms with Crippen molar-refractivity contribution in [3.05, 3.63) is 35.4 Å². The minimum absolute atomic E-state index is 0.0559. The van der Waals surface area contributed by atoms with E-state index < -0.39 is 6.43 Å². The van der Waals surface area contributed by atoms with E-state index in [-0.39, 0.29) is 11.6 Å². The van der Waals surface area contributed by atoms with Gasteiger partial charge in [0, 0.05) is 24.6 Å². The zero-order chi connectivity index (χ0) is 12.0. The van der Waals surface area contributed by atoms with Crippen molar-refractivity contribution in [2.45, 2.75) is 32.4 Å². The maximum absolute atomic E-state index is 12.3. The third-order valence-electron chi connectivity index (χ3n) is 2.31. The van der Waals surface area contributed by atoms with Crippen molar-refractivity contribution in [1.82, 2.24) is 5.32 Å². The molecule has 1 aromatic rings. The van der Waals surface area contributed by atoms with Crippen LogP contribution in [0.5, 0.6) is 0 Å². The van der Waals surface area contributed by atoms with Crippen molar-refractivity contribution in [1.29, 1.82) is 0 Å². The van der Waals surface area contributed by atoms with Gasteiger partial charge < -0.3 is 5.32 Å². The van der Waals surface area contributed by atoms with E-state index in [4.69, 9.17) is 6.42 Å². The highest BCUT2D eigenvalue weighted by Gasteiger charge is 2.06. The summed E-state index contributed by atoms with van der Waals surface area (Å²) in [4.78, 5) is 0. The summed E-state index contributed by atoms with van der Waals surface area (Å²) in [6.07, 6.45) is 3.44. The van der Waals surface area contributed by atoms with Crippen LogP contribution in [0.4, 0.5) is 8.78 Å². The van der Waals surface area contributed by atoms with E-state index in [1.54, 1.807) is 12.1 Å². The first-order valence-corrected chi connectivity index (χ1v) is 5.17. The summed E-state index contributed by atoms with van der Waals surface area (Å²) in [6, 6.07) is 6.55. The van der Waals surface area contributed by atoms with E-state index in [0.717, 1.165) is 5.56 Å². The Hall–Kier alpha value is -1.40. The number of alkyl halides is 2. The second kappa shape index (κ2) is 6.24. The van der Waals surface area contributed by atoms with Crippen molar-refractivity contribution < 1.29 is 8.78 Å². The topological polar surface area (TPSA) is 12.0 Å². The molecule has 0 aliphatic heterocycles. The Morgan fingerprint density at radius 1 is 1.31 bits per heavy atom. The summed E-state index contributed by atoms with van der Waals surface area (Å²) in [5.74, 6) is 2.57. The standard InChI is InChI=1S/C13H15F2N/c1-3-4-10(2)16-9-11-5-7-12(8-6-11)13(14)15/h1,5-8,10,13,16H,4,9H2,2H3. The summed E-state index contributed by atoms with van der Waals surface area (Å²) in [6.45, 7) is 2.64. The van der Waals surface area contributed by atoms with Crippen molar-refractivity contribution >= 4 is 0 Å². The minimum Gasteiger partial charge on any atom is -0.309 e. The molecule has 1 nitrogen and oxygen atoms in total. The van der Waals surface area contributed by atoms with Crippen LogP contribution in [-0.2, 0) is 6.54 Å². The van der Waals surface area contributed by atoms with Crippen LogP contribution in [-0.4, -0.2) is 6.04 Å². The van der Waals surface area contributed by atoms with Gasteiger partial charge in [0.05, 0.1) is 0 Å². The van der Waals surface area contributed by atoms with Crippen LogP contribution in [0.1, 0.15) is 30.9 Å². The highest BCUT2D eigenvalue weighted by atomic mass is 19.3. The van der Waals surface area contributed by atoms with Gasteiger partial charge in [-0.25, -0.2) is 8.78 Å². The molecule has 0 fully saturated rings. The van der Waals surface area contributed by atoms with E-state index >= 15 is 0 Å². The van der Waals surface area contributed by atoms with Crippen LogP contribution in [0.25, 0.3) is 0 Å². The molecule has 1 atom stereocenters. The zero-order valence-corrected chi connectivity index (χ0v) is 9.21. The maximum Gasteiger partial charge on any atom is 0.263 e. The van der Waals surface area contributed by atoms with Crippen LogP contribution < -0.4 is 5.32 Å². The first-order valence-electron chi connectivity index (χ1n) is 5.17. The molecule has 0 saturated carbocycles. The highest BCUT2D eigenvalue weighted by molar-refractivity contribution is 5.23. The predicted molar refractivity (Wildman–Crippen MR) is 61.2 cm³/mol. The smallest absolute Gasteiger partial charge is 0.263 e. The molecule has 16 heavy (non-hydrogen) atoms. The largest absolute Gasteiger partial charge is 0.309 e. The molecule has 0 spiro atoms. The van der Waals surface area contributed by atoms with E-state index in [9.17, 15) is 8.78 Å². The fourth-order valence-corrected chi connectivity index (χ4v) is 1.32. The predicted octanol–water partition coefficient (Wildman–Crippen LogP) is 3.13. The van der Waals surface area contributed by atoms with Crippen molar-refractivity contribution in [3.8, 4) is 12.3 Å². The maximum atomic E-state index is 12.3. The number of hydrogen-bond donors (Lipinski definition) is 1. The fourth-order valence-electron chi connectivity index (χ4n) is 1.32. The Balaban J connectivity index is 2.47. The van der Waals surface area contributed by atoms with Crippen LogP contribution in [0.2, 0.25) is 0 Å². The van der Waals surface area contributed by atoms with Crippen molar-refractivity contribution in [2.24, 2.45) is 0 Å². The van der Waals surface area contributed by atoms with Crippen LogP contribution in [0, 0.1) is 12.3 Å². The minimum atomic E-state index is -2.40. The summed E-state index contributed by atoms with van der Waals surface area (Å²) < 4.78 is 24.6. The molecule has 0 amide bonds. The second-order valence-electron chi connectivity index (χ2n) is 3.73. The average Bonchev–Trinajstić information content (AvgIpc) is 2.27. The number of nitrogens with one attached hydrogen (secondary N) is 1. The Labute approximate surface area is 94.9 Å². The summed E-state index contributed by atoms with van der Waals surface area (Å²) >= 11 is 0. The molecule has 86 valence electrons. The number of benzene rings is 1. The molecule has 1 aromatic carbocycles. The molecule has 0 aliphatic carbocycles. The molecular formula is C13H15F2N. The quantitative estimate of drug-likeness (QED) is 0.756. The summed E-state index contributed by atoms with van der Waals surface area (Å²) in [5.41, 5.74) is 1.04. The third-order valence-corrected chi connectivity index (χ3v) is 2.31. The summed E-state index contributed by atoms with van der Waals surface area (Å²) in [5, 5.41) is 3.22. The molecule has 1 N–H and O–H groups in total. The number of hydrogen-bond acceptors (Lipinski definition) is 1. The first-order chi connectivity index (χ1) is 7.63. The Morgan fingerprint density at radius 3 is 2.44 bits per heavy atom. The monoisotopic (exact) mass is 223 g/mol. The molecular weight excluding hydrogens is 208 g/mol. The van der Waals surface area contributed by atoms with E-state index in [0.29, 0.717) is 13.0 Å². The lowest BCUT2D eigenvalue weighted by molar-refractivity contribution is 0.151. The molecule has 1 unspecified atom stereocenters. The molecule has 0 aliphatic rings. The summed E-state index contributed by atoms with van der Waals surface area (Å²) in [7, 11) is 0. The molecule has 0 bridgehead atoms. The molecule has 0 aromatic heterocycles. The molecule has 0 saturated heterocycles. The van der Waals surface area contributed by atoms with Gasteiger partial charge in [-0.3, -0.25) is 0 Å². The second-order valence-corrected chi connectivity index (χ2v) is 3.73. The highest BCUT2D eigenvalue weighted by Crippen LogP contribution is 2.18. The normalized spacial score (nSPS) is 12.4. The number of halogens is 2. The molecule has 0 heterocycles. The zero-order valence-electron chi connectivity index (χ0n) is 9.21. The van der Waals surface area contributed by atoms with Gasteiger partial charge in [0.25, 0.3) is 6.43 Å². The van der Waals surface area contributed by atoms with Gasteiger partial charge in [-0.1, -0.05) is 24.3 Å². The van der Waals surface area contributed by atoms with Gasteiger partial charge >= 0.3 is 0 Å². The van der Waals surface area contributed by atoms with Gasteiger partial charge in [0.15, 0.2) is 0 Å². The molecule has 0 radical (unpaired) electrons. The molecule has 1 rings (SSSR count). The number of terminal acetylenes is 1. The molecule has 3 heteroatoms. The first kappa shape index (κ1) is 12.7. The van der Waals surface area contributed by atoms with Gasteiger partial charge in [-0.05, 0) is 12.5 Å². The van der Waals surface area contributed by atoms with Crippen molar-refractivity contribution in [3.63, 3.8) is 0 Å². The van der Waals surface area contributed by atoms with Crippen LogP contribution in [0.15, 0.2) is 24.3 Å². The van der Waals surface area contributed by atoms with Crippen LogP contribution >= 0.6 is 0 Å². The van der Waals surface area contributed by atoms with E-state index in [1.807, 2.05) is 6.92 Å². The van der Waals surface area contributed by atoms with E-state index in [1.165, 1.54) is 12.1 Å². The van der Waals surface area contributed by atoms with Crippen LogP contribution in [0.3, 0.4) is 0 Å². The lowest BCUT2D eigenvalue weighted by Crippen LogP contribution is -2.24. The fraction of sp³-hybridized carbons (Fsp3) is 0.385. The van der Waals surface area contributed by atoms with Crippen molar-refractivity contribution in [2.75, 3.05) is 0 Å². The lowest BCUT2D eigenvalue weighted by Gasteiger charge is -2.10. The lowest BCUT2D eigenvalue weighted by atomic mass is 10.1. The Morgan fingerprint density at radius 2 is 1.94 bits per heavy atom.